The molecule has 0 spiro atoms. The van der Waals surface area contributed by atoms with Gasteiger partial charge in [-0.15, -0.1) is 105 Å². The number of aryl methyl sites for hydroxylation is 8. The summed E-state index contributed by atoms with van der Waals surface area (Å²) >= 11 is 0. The molecule has 3 N–H and O–H groups in total. The number of carbonyl (C=O) groups excluding carboxylic acids is 3. The van der Waals surface area contributed by atoms with E-state index in [0.29, 0.717) is 17.8 Å². The molecule has 0 saturated heterocycles. The van der Waals surface area contributed by atoms with Crippen molar-refractivity contribution in [2.24, 2.45) is 35.5 Å². The largest absolute Gasteiger partial charge is 0.512 e. The van der Waals surface area contributed by atoms with Crippen molar-refractivity contribution in [3.63, 3.8) is 0 Å². The van der Waals surface area contributed by atoms with Gasteiger partial charge in [-0.2, -0.15) is 0 Å². The van der Waals surface area contributed by atoms with Gasteiger partial charge in [0.2, 0.25) is 0 Å². The molecule has 3 radical (unpaired) electrons. The Morgan fingerprint density at radius 1 is 0.313 bits per heavy atom. The number of benzene rings is 7. The van der Waals surface area contributed by atoms with E-state index >= 15 is 0 Å². The van der Waals surface area contributed by atoms with Crippen molar-refractivity contribution in [1.29, 1.82) is 0 Å². The number of pyridine rings is 3. The SMILES string of the molecule is CCC(CC)C(=O)C=C(O)C(CC)CC.CCC(CC)C(=O)C=C(O)C(CC)CC.CCC(CC)C(=O)C=C(O)C(CC)CC.Cc1[c-]c(-c2cc3cc(-c4cc(C(C)C)cc(C(C)C)c4)oc3cn2)cc(C)c1.Cc1[c-]c(-c2cc3cc(-c4ccc(-c5c(C)cccc5C)cc4)oc3cn2)cc(C)c1.Cc1[c-]c(-c2cc3cc(-c4ccc(C(C)C)cc4)oc3cn2)cc(C)c1.[Ir].[Ir].[Ir]. The van der Waals surface area contributed by atoms with Crippen LogP contribution in [-0.2, 0) is 74.7 Å². The van der Waals surface area contributed by atoms with Gasteiger partial charge >= 0.3 is 0 Å². The molecule has 12 nitrogen and oxygen atoms in total. The molecule has 0 atom stereocenters. The van der Waals surface area contributed by atoms with Gasteiger partial charge in [-0.3, -0.25) is 14.4 Å². The smallest absolute Gasteiger partial charge is 0.162 e. The average Bonchev–Trinajstić information content (AvgIpc) is 1.60. The van der Waals surface area contributed by atoms with E-state index in [1.54, 1.807) is 0 Å². The Morgan fingerprint density at radius 2 is 0.575 bits per heavy atom. The van der Waals surface area contributed by atoms with Gasteiger partial charge in [-0.05, 0) is 195 Å². The summed E-state index contributed by atoms with van der Waals surface area (Å²) in [7, 11) is 0. The quantitative estimate of drug-likeness (QED) is 0.0212. The Hall–Kier alpha value is -9.81. The van der Waals surface area contributed by atoms with E-state index < -0.39 is 0 Å². The maximum absolute atomic E-state index is 11.7. The standard InChI is InChI=1S/C29H24NO.C27H28NO.C24H22NO.3C13H24O2.3Ir/c1-18-12-19(2)14-24(13-18)26-15-25-16-27(31-28(25)17-30-26)22-8-10-23(11-9-22)29-20(3)6-5-7-21(29)4;1-16(2)20-10-21(17(3)4)12-23(11-20)26-14-24-13-25(28-15-27(24)29-26)22-8-18(5)7-19(6)9-22;1-15(2)18-5-7-19(8-6-18)23-13-21-12-22(25-14-24(21)26-23)20-10-16(3)9-17(4)11-20;3*1-5-10(6-2)12(14)9-13(15)11(7-3)8-4;;;/h5-13,15-17H,1-4H3;7-8,10-17H,1-6H3;5-10,12-15H,1-4H3;3*9-11,14H,5-8H2,1-4H3;;;/q3*-1;;;;;;. The second-order valence-corrected chi connectivity index (χ2v) is 36.2. The van der Waals surface area contributed by atoms with Gasteiger partial charge in [0.05, 0.1) is 35.9 Å². The summed E-state index contributed by atoms with van der Waals surface area (Å²) in [4.78, 5) is 49.0. The van der Waals surface area contributed by atoms with Crippen LogP contribution in [-0.4, -0.2) is 47.6 Å². The first-order chi connectivity index (χ1) is 62.6. The molecule has 6 heterocycles. The number of hydrogen-bond acceptors (Lipinski definition) is 12. The molecule has 0 bridgehead atoms. The number of furan rings is 3. The van der Waals surface area contributed by atoms with Crippen molar-refractivity contribution in [1.82, 2.24) is 15.0 Å². The Bertz CT molecular complexity index is 5770. The second kappa shape index (κ2) is 56.0. The van der Waals surface area contributed by atoms with Gasteiger partial charge in [0.15, 0.2) is 34.1 Å². The van der Waals surface area contributed by atoms with Gasteiger partial charge in [-0.25, -0.2) is 0 Å². The average molecular weight is 2340 g/mol. The third-order valence-electron chi connectivity index (χ3n) is 25.1. The number of fused-ring (bicyclic) bond motifs is 3. The summed E-state index contributed by atoms with van der Waals surface area (Å²) in [6.45, 7) is 54.4. The van der Waals surface area contributed by atoms with Crippen LogP contribution in [0.5, 0.6) is 0 Å². The van der Waals surface area contributed by atoms with Crippen molar-refractivity contribution < 1.29 is 103 Å². The molecule has 7 aromatic carbocycles. The Morgan fingerprint density at radius 3 is 0.836 bits per heavy atom. The number of nitrogens with zero attached hydrogens (tertiary/aromatic N) is 3. The first kappa shape index (κ1) is 115. The number of allylic oxidation sites excluding steroid dienone is 6. The van der Waals surface area contributed by atoms with Crippen LogP contribution in [0.25, 0.3) is 112 Å². The van der Waals surface area contributed by atoms with Gasteiger partial charge in [0.1, 0.15) is 17.3 Å². The van der Waals surface area contributed by atoms with E-state index in [4.69, 9.17) is 13.3 Å². The van der Waals surface area contributed by atoms with Crippen LogP contribution >= 0.6 is 0 Å². The fraction of sp³-hybridized carbons (Fsp3) is 0.395. The summed E-state index contributed by atoms with van der Waals surface area (Å²) in [5.74, 6) is 5.75. The van der Waals surface area contributed by atoms with Gasteiger partial charge < -0.3 is 43.5 Å². The number of aliphatic hydroxyl groups is 3. The molecule has 134 heavy (non-hydrogen) atoms. The van der Waals surface area contributed by atoms with Gasteiger partial charge in [-0.1, -0.05) is 257 Å². The molecule has 721 valence electrons. The van der Waals surface area contributed by atoms with E-state index in [2.05, 4.69) is 288 Å². The number of carbonyl (C=O) groups is 3. The van der Waals surface area contributed by atoms with Crippen LogP contribution in [0.15, 0.2) is 225 Å². The minimum atomic E-state index is 0. The molecule has 13 aromatic rings. The first-order valence-corrected chi connectivity index (χ1v) is 48.0. The number of ketones is 3. The molecule has 6 aromatic heterocycles. The van der Waals surface area contributed by atoms with Crippen LogP contribution in [0.2, 0.25) is 0 Å². The van der Waals surface area contributed by atoms with E-state index in [1.165, 1.54) is 73.9 Å². The van der Waals surface area contributed by atoms with Crippen LogP contribution in [0.3, 0.4) is 0 Å². The topological polar surface area (TPSA) is 190 Å². The van der Waals surface area contributed by atoms with Gasteiger partial charge in [0, 0.05) is 147 Å². The summed E-state index contributed by atoms with van der Waals surface area (Å²) in [5.41, 5.74) is 27.7. The van der Waals surface area contributed by atoms with Crippen molar-refractivity contribution >= 4 is 50.3 Å². The fourth-order valence-electron chi connectivity index (χ4n) is 16.7. The predicted molar refractivity (Wildman–Crippen MR) is 548 cm³/mol. The zero-order valence-corrected chi connectivity index (χ0v) is 91.5. The molecule has 0 fully saturated rings. The molecule has 0 aliphatic rings. The summed E-state index contributed by atoms with van der Waals surface area (Å²) < 4.78 is 18.3. The van der Waals surface area contributed by atoms with E-state index in [-0.39, 0.29) is 130 Å². The van der Waals surface area contributed by atoms with Gasteiger partial charge in [0.25, 0.3) is 0 Å². The van der Waals surface area contributed by atoms with E-state index in [9.17, 15) is 29.7 Å². The minimum Gasteiger partial charge on any atom is -0.512 e. The van der Waals surface area contributed by atoms with Crippen molar-refractivity contribution in [3.8, 4) is 78.9 Å². The summed E-state index contributed by atoms with van der Waals surface area (Å²) in [6.07, 6.45) is 20.2. The van der Waals surface area contributed by atoms with Crippen LogP contribution in [0.1, 0.15) is 281 Å². The van der Waals surface area contributed by atoms with E-state index in [1.807, 2.05) is 102 Å². The number of hydrogen-bond donors (Lipinski definition) is 3. The molecular formula is C119H146Ir3N3O9-3. The molecule has 0 unspecified atom stereocenters. The molecule has 0 amide bonds. The first-order valence-electron chi connectivity index (χ1n) is 48.0. The Labute approximate surface area is 842 Å². The number of rotatable bonds is 31. The number of aromatic nitrogens is 3. The zero-order chi connectivity index (χ0) is 96.0. The summed E-state index contributed by atoms with van der Waals surface area (Å²) in [6, 6.07) is 66.0. The third kappa shape index (κ3) is 32.4. The predicted octanol–water partition coefficient (Wildman–Crippen LogP) is 34.0. The molecule has 0 aliphatic carbocycles. The van der Waals surface area contributed by atoms with E-state index in [0.717, 1.165) is 194 Å². The van der Waals surface area contributed by atoms with Crippen LogP contribution < -0.4 is 0 Å². The van der Waals surface area contributed by atoms with Crippen LogP contribution in [0.4, 0.5) is 0 Å². The Kier molecular flexibility index (Phi) is 47.9. The molecule has 13 rings (SSSR count). The Balaban J connectivity index is 0.000000291. The second-order valence-electron chi connectivity index (χ2n) is 36.2. The van der Waals surface area contributed by atoms with Crippen molar-refractivity contribution in [2.75, 3.05) is 0 Å². The maximum atomic E-state index is 11.7. The minimum absolute atomic E-state index is 0. The van der Waals surface area contributed by atoms with Crippen molar-refractivity contribution in [3.05, 3.63) is 291 Å². The zero-order valence-electron chi connectivity index (χ0n) is 84.3. The fourth-order valence-corrected chi connectivity index (χ4v) is 16.7. The molecule has 0 saturated carbocycles. The van der Waals surface area contributed by atoms with Crippen LogP contribution in [0, 0.1) is 109 Å². The molecular weight excluding hydrogens is 2190 g/mol. The molecule has 15 heteroatoms. The maximum Gasteiger partial charge on any atom is 0.162 e. The molecule has 0 aliphatic heterocycles. The monoisotopic (exact) mass is 2340 g/mol. The summed E-state index contributed by atoms with van der Waals surface area (Å²) in [5, 5.41) is 32.5. The number of aliphatic hydroxyl groups excluding tert-OH is 3. The van der Waals surface area contributed by atoms with Crippen molar-refractivity contribution in [2.45, 2.75) is 275 Å². The normalized spacial score (nSPS) is 11.6. The third-order valence-corrected chi connectivity index (χ3v) is 25.1.